The molecule has 2 aliphatic heterocycles. The fourth-order valence-corrected chi connectivity index (χ4v) is 7.58. The first-order valence-electron chi connectivity index (χ1n) is 10.0. The SMILES string of the molecule is COc1ccc(OC)c(S(=O)(=O)N(CCCN2CCOCC2)[C@@H]2CCS(=O)(=O)C2)c1. The average Bonchev–Trinajstić information content (AvgIpc) is 3.10. The van der Waals surface area contributed by atoms with E-state index in [0.29, 0.717) is 31.8 Å². The molecule has 1 aromatic rings. The van der Waals surface area contributed by atoms with E-state index in [2.05, 4.69) is 4.90 Å². The van der Waals surface area contributed by atoms with Crippen molar-refractivity contribution < 1.29 is 31.0 Å². The Hall–Kier alpha value is -1.40. The van der Waals surface area contributed by atoms with Crippen molar-refractivity contribution in [1.29, 1.82) is 0 Å². The lowest BCUT2D eigenvalue weighted by Crippen LogP contribution is -2.43. The van der Waals surface area contributed by atoms with Gasteiger partial charge in [-0.25, -0.2) is 16.8 Å². The molecule has 30 heavy (non-hydrogen) atoms. The Kier molecular flexibility index (Phi) is 7.61. The summed E-state index contributed by atoms with van der Waals surface area (Å²) in [6.45, 7) is 3.93. The summed E-state index contributed by atoms with van der Waals surface area (Å²) in [7, 11) is -4.37. The van der Waals surface area contributed by atoms with Gasteiger partial charge in [0.15, 0.2) is 9.84 Å². The van der Waals surface area contributed by atoms with Crippen LogP contribution in [0.1, 0.15) is 12.8 Å². The largest absolute Gasteiger partial charge is 0.497 e. The molecule has 0 N–H and O–H groups in total. The summed E-state index contributed by atoms with van der Waals surface area (Å²) in [5.74, 6) is 0.440. The zero-order valence-electron chi connectivity index (χ0n) is 17.4. The molecule has 0 radical (unpaired) electrons. The third kappa shape index (κ3) is 5.44. The van der Waals surface area contributed by atoms with E-state index in [0.717, 1.165) is 19.6 Å². The zero-order valence-corrected chi connectivity index (χ0v) is 19.1. The van der Waals surface area contributed by atoms with Crippen LogP contribution in [0.25, 0.3) is 0 Å². The molecule has 2 saturated heterocycles. The summed E-state index contributed by atoms with van der Waals surface area (Å²) in [4.78, 5) is 2.21. The number of methoxy groups -OCH3 is 2. The molecule has 0 amide bonds. The highest BCUT2D eigenvalue weighted by atomic mass is 32.2. The second-order valence-electron chi connectivity index (χ2n) is 7.50. The van der Waals surface area contributed by atoms with E-state index in [1.165, 1.54) is 24.6 Å². The molecule has 170 valence electrons. The fourth-order valence-electron chi connectivity index (χ4n) is 3.89. The van der Waals surface area contributed by atoms with Gasteiger partial charge in [0.1, 0.15) is 16.4 Å². The molecule has 2 fully saturated rings. The van der Waals surface area contributed by atoms with Gasteiger partial charge in [0, 0.05) is 31.7 Å². The van der Waals surface area contributed by atoms with E-state index in [1.54, 1.807) is 12.1 Å². The van der Waals surface area contributed by atoms with Crippen LogP contribution in [0.5, 0.6) is 11.5 Å². The summed E-state index contributed by atoms with van der Waals surface area (Å²) in [6, 6.07) is 4.01. The highest BCUT2D eigenvalue weighted by molar-refractivity contribution is 7.92. The molecule has 0 aromatic heterocycles. The quantitative estimate of drug-likeness (QED) is 0.526. The number of morpholine rings is 1. The Morgan fingerprint density at radius 2 is 1.93 bits per heavy atom. The molecule has 1 aromatic carbocycles. The number of hydrogen-bond donors (Lipinski definition) is 0. The van der Waals surface area contributed by atoms with Gasteiger partial charge in [-0.3, -0.25) is 4.90 Å². The fraction of sp³-hybridized carbons (Fsp3) is 0.684. The number of sulfonamides is 1. The smallest absolute Gasteiger partial charge is 0.247 e. The van der Waals surface area contributed by atoms with E-state index in [4.69, 9.17) is 14.2 Å². The van der Waals surface area contributed by atoms with Gasteiger partial charge >= 0.3 is 0 Å². The van der Waals surface area contributed by atoms with Crippen molar-refractivity contribution >= 4 is 19.9 Å². The van der Waals surface area contributed by atoms with Crippen LogP contribution < -0.4 is 9.47 Å². The molecule has 9 nitrogen and oxygen atoms in total. The van der Waals surface area contributed by atoms with Gasteiger partial charge in [-0.05, 0) is 31.5 Å². The van der Waals surface area contributed by atoms with Crippen LogP contribution in [0.4, 0.5) is 0 Å². The van der Waals surface area contributed by atoms with Gasteiger partial charge in [-0.15, -0.1) is 0 Å². The molecule has 11 heteroatoms. The van der Waals surface area contributed by atoms with Crippen molar-refractivity contribution in [2.24, 2.45) is 0 Å². The molecule has 0 saturated carbocycles. The van der Waals surface area contributed by atoms with Gasteiger partial charge in [0.2, 0.25) is 10.0 Å². The van der Waals surface area contributed by atoms with Crippen LogP contribution in [-0.4, -0.2) is 97.2 Å². The average molecular weight is 463 g/mol. The lowest BCUT2D eigenvalue weighted by Gasteiger charge is -2.30. The maximum atomic E-state index is 13.6. The maximum Gasteiger partial charge on any atom is 0.247 e. The lowest BCUT2D eigenvalue weighted by molar-refractivity contribution is 0.0367. The molecular weight excluding hydrogens is 432 g/mol. The molecule has 2 heterocycles. The molecule has 0 aliphatic carbocycles. The van der Waals surface area contributed by atoms with Crippen LogP contribution in [-0.2, 0) is 24.6 Å². The van der Waals surface area contributed by atoms with Crippen molar-refractivity contribution in [3.8, 4) is 11.5 Å². The van der Waals surface area contributed by atoms with Gasteiger partial charge in [0.25, 0.3) is 0 Å². The normalized spacial score (nSPS) is 22.3. The Morgan fingerprint density at radius 3 is 2.53 bits per heavy atom. The summed E-state index contributed by atoms with van der Waals surface area (Å²) < 4.78 is 68.5. The lowest BCUT2D eigenvalue weighted by atomic mass is 10.2. The standard InChI is InChI=1S/C19H30N2O7S2/c1-26-17-4-5-18(27-2)19(14-17)30(24,25)21(16-6-13-29(22,23)15-16)8-3-7-20-9-11-28-12-10-20/h4-5,14,16H,3,6-13,15H2,1-2H3/t16-/m1/s1. The number of hydrogen-bond acceptors (Lipinski definition) is 8. The van der Waals surface area contributed by atoms with Gasteiger partial charge in [-0.2, -0.15) is 4.31 Å². The van der Waals surface area contributed by atoms with Crippen molar-refractivity contribution in [3.05, 3.63) is 18.2 Å². The number of ether oxygens (including phenoxy) is 3. The Labute approximate surface area is 178 Å². The van der Waals surface area contributed by atoms with Gasteiger partial charge in [0.05, 0.1) is 38.9 Å². The molecule has 3 rings (SSSR count). The second-order valence-corrected chi connectivity index (χ2v) is 11.6. The number of nitrogens with zero attached hydrogens (tertiary/aromatic N) is 2. The second kappa shape index (κ2) is 9.82. The van der Waals surface area contributed by atoms with E-state index >= 15 is 0 Å². The summed E-state index contributed by atoms with van der Waals surface area (Å²) in [5, 5.41) is 0. The summed E-state index contributed by atoms with van der Waals surface area (Å²) >= 11 is 0. The van der Waals surface area contributed by atoms with E-state index in [-0.39, 0.29) is 28.7 Å². The Bertz CT molecular complexity index is 928. The minimum atomic E-state index is -3.99. The number of sulfone groups is 1. The monoisotopic (exact) mass is 462 g/mol. The van der Waals surface area contributed by atoms with Crippen molar-refractivity contribution in [1.82, 2.24) is 9.21 Å². The van der Waals surface area contributed by atoms with Crippen molar-refractivity contribution in [3.63, 3.8) is 0 Å². The summed E-state index contributed by atoms with van der Waals surface area (Å²) in [5.41, 5.74) is 0. The predicted molar refractivity (Wildman–Crippen MR) is 112 cm³/mol. The summed E-state index contributed by atoms with van der Waals surface area (Å²) in [6.07, 6.45) is 0.896. The minimum absolute atomic E-state index is 0.00238. The first kappa shape index (κ1) is 23.3. The van der Waals surface area contributed by atoms with E-state index in [1.807, 2.05) is 0 Å². The van der Waals surface area contributed by atoms with E-state index < -0.39 is 25.9 Å². The minimum Gasteiger partial charge on any atom is -0.497 e. The Balaban J connectivity index is 1.86. The third-order valence-corrected chi connectivity index (χ3v) is 9.25. The number of benzene rings is 1. The van der Waals surface area contributed by atoms with Crippen LogP contribution in [0.2, 0.25) is 0 Å². The number of rotatable bonds is 9. The highest BCUT2D eigenvalue weighted by Gasteiger charge is 2.39. The molecule has 0 spiro atoms. The maximum absolute atomic E-state index is 13.6. The molecular formula is C19H30N2O7S2. The van der Waals surface area contributed by atoms with Crippen molar-refractivity contribution in [2.75, 3.05) is 65.1 Å². The molecule has 0 bridgehead atoms. The molecule has 0 unspecified atom stereocenters. The van der Waals surface area contributed by atoms with Crippen LogP contribution in [0, 0.1) is 0 Å². The van der Waals surface area contributed by atoms with Gasteiger partial charge < -0.3 is 14.2 Å². The first-order chi connectivity index (χ1) is 14.3. The topological polar surface area (TPSA) is 102 Å². The van der Waals surface area contributed by atoms with Crippen LogP contribution in [0.15, 0.2) is 23.1 Å². The van der Waals surface area contributed by atoms with E-state index in [9.17, 15) is 16.8 Å². The van der Waals surface area contributed by atoms with Crippen LogP contribution >= 0.6 is 0 Å². The first-order valence-corrected chi connectivity index (χ1v) is 13.3. The predicted octanol–water partition coefficient (Wildman–Crippen LogP) is 0.604. The van der Waals surface area contributed by atoms with Crippen LogP contribution in [0.3, 0.4) is 0 Å². The Morgan fingerprint density at radius 1 is 1.20 bits per heavy atom. The highest BCUT2D eigenvalue weighted by Crippen LogP contribution is 2.33. The van der Waals surface area contributed by atoms with Crippen molar-refractivity contribution in [2.45, 2.75) is 23.8 Å². The molecule has 2 aliphatic rings. The van der Waals surface area contributed by atoms with Gasteiger partial charge in [-0.1, -0.05) is 0 Å². The third-order valence-electron chi connectivity index (χ3n) is 5.53. The zero-order chi connectivity index (χ0) is 21.8. The molecule has 1 atom stereocenters.